The van der Waals surface area contributed by atoms with Gasteiger partial charge in [0.05, 0.1) is 24.3 Å². The van der Waals surface area contributed by atoms with Gasteiger partial charge in [-0.15, -0.1) is 0 Å². The lowest BCUT2D eigenvalue weighted by Gasteiger charge is -2.27. The first kappa shape index (κ1) is 17.2. The minimum Gasteiger partial charge on any atom is -0.376 e. The van der Waals surface area contributed by atoms with E-state index in [0.29, 0.717) is 6.54 Å². The third-order valence-corrected chi connectivity index (χ3v) is 5.50. The first-order valence-corrected chi connectivity index (χ1v) is 9.38. The monoisotopic (exact) mass is 354 g/mol. The smallest absolute Gasteiger partial charge is 0.225 e. The second-order valence-electron chi connectivity index (χ2n) is 7.27. The molecule has 0 saturated carbocycles. The highest BCUT2D eigenvalue weighted by atomic mass is 16.5. The number of rotatable bonds is 5. The maximum atomic E-state index is 13.1. The number of hydrogen-bond acceptors (Lipinski definition) is 4. The molecule has 2 aliphatic rings. The van der Waals surface area contributed by atoms with Crippen LogP contribution in [0, 0.1) is 5.92 Å². The van der Waals surface area contributed by atoms with Crippen molar-refractivity contribution < 1.29 is 9.53 Å². The van der Waals surface area contributed by atoms with Crippen LogP contribution in [0.5, 0.6) is 0 Å². The van der Waals surface area contributed by atoms with Gasteiger partial charge in [-0.3, -0.25) is 9.48 Å². The summed E-state index contributed by atoms with van der Waals surface area (Å²) in [6.45, 7) is 2.27. The summed E-state index contributed by atoms with van der Waals surface area (Å²) in [7, 11) is 1.91. The van der Waals surface area contributed by atoms with Crippen molar-refractivity contribution in [2.24, 2.45) is 13.0 Å². The highest BCUT2D eigenvalue weighted by Gasteiger charge is 2.37. The molecular formula is C20H26N4O2. The highest BCUT2D eigenvalue weighted by molar-refractivity contribution is 5.81. The lowest BCUT2D eigenvalue weighted by atomic mass is 9.89. The summed E-state index contributed by atoms with van der Waals surface area (Å²) in [5.74, 6) is 0.157. The van der Waals surface area contributed by atoms with Crippen LogP contribution in [0.2, 0.25) is 0 Å². The fourth-order valence-electron chi connectivity index (χ4n) is 4.11. The van der Waals surface area contributed by atoms with Crippen LogP contribution in [0.3, 0.4) is 0 Å². The predicted molar refractivity (Wildman–Crippen MR) is 98.6 cm³/mol. The predicted octanol–water partition coefficient (Wildman–Crippen LogP) is 1.76. The number of amides is 1. The normalized spacial score (nSPS) is 26.7. The van der Waals surface area contributed by atoms with Crippen molar-refractivity contribution >= 4 is 5.91 Å². The van der Waals surface area contributed by atoms with Gasteiger partial charge in [-0.2, -0.15) is 5.10 Å². The van der Waals surface area contributed by atoms with Crippen LogP contribution in [-0.4, -0.2) is 41.5 Å². The standard InChI is InChI=1S/C20H26N4O2/c1-24-13-15(10-22-24)16-11-21-12-17(16)20(25)23-19(18-8-5-9-26-18)14-6-3-2-4-7-14/h2-4,6-7,10,13,16-19,21H,5,8-9,11-12H2,1H3,(H,23,25)/t16-,17+,18?,19?/m1/s1. The largest absolute Gasteiger partial charge is 0.376 e. The maximum absolute atomic E-state index is 13.1. The lowest BCUT2D eigenvalue weighted by Crippen LogP contribution is -2.41. The minimum atomic E-state index is -0.0960. The molecule has 2 aliphatic heterocycles. The summed E-state index contributed by atoms with van der Waals surface area (Å²) in [4.78, 5) is 13.1. The number of aryl methyl sites for hydroxylation is 1. The van der Waals surface area contributed by atoms with Crippen LogP contribution in [0.15, 0.2) is 42.7 Å². The van der Waals surface area contributed by atoms with Crippen molar-refractivity contribution in [3.63, 3.8) is 0 Å². The number of nitrogens with zero attached hydrogens (tertiary/aromatic N) is 2. The summed E-state index contributed by atoms with van der Waals surface area (Å²) in [6, 6.07) is 10.1. The molecule has 4 atom stereocenters. The number of benzene rings is 1. The van der Waals surface area contributed by atoms with Crippen LogP contribution in [0.1, 0.15) is 35.9 Å². The molecule has 6 heteroatoms. The number of carbonyl (C=O) groups is 1. The van der Waals surface area contributed by atoms with E-state index >= 15 is 0 Å². The van der Waals surface area contributed by atoms with Gasteiger partial charge in [0.25, 0.3) is 0 Å². The molecule has 2 saturated heterocycles. The second kappa shape index (κ2) is 7.60. The fraction of sp³-hybridized carbons (Fsp3) is 0.500. The van der Waals surface area contributed by atoms with Gasteiger partial charge in [-0.1, -0.05) is 30.3 Å². The van der Waals surface area contributed by atoms with E-state index in [9.17, 15) is 4.79 Å². The zero-order valence-corrected chi connectivity index (χ0v) is 15.1. The Hall–Kier alpha value is -2.18. The van der Waals surface area contributed by atoms with Crippen LogP contribution >= 0.6 is 0 Å². The SMILES string of the molecule is Cn1cc([C@H]2CNC[C@@H]2C(=O)NC(c2ccccc2)C2CCCO2)cn1. The number of hydrogen-bond donors (Lipinski definition) is 2. The van der Waals surface area contributed by atoms with Crippen molar-refractivity contribution in [3.8, 4) is 0 Å². The molecule has 2 aromatic rings. The van der Waals surface area contributed by atoms with Crippen molar-refractivity contribution in [2.75, 3.05) is 19.7 Å². The highest BCUT2D eigenvalue weighted by Crippen LogP contribution is 2.31. The molecule has 0 radical (unpaired) electrons. The average molecular weight is 354 g/mol. The van der Waals surface area contributed by atoms with Gasteiger partial charge in [0.2, 0.25) is 5.91 Å². The number of aromatic nitrogens is 2. The third kappa shape index (κ3) is 3.52. The Labute approximate surface area is 153 Å². The van der Waals surface area contributed by atoms with Crippen molar-refractivity contribution in [1.29, 1.82) is 0 Å². The Balaban J connectivity index is 1.52. The van der Waals surface area contributed by atoms with E-state index in [0.717, 1.165) is 37.1 Å². The Morgan fingerprint density at radius 3 is 2.88 bits per heavy atom. The van der Waals surface area contributed by atoms with E-state index in [1.165, 1.54) is 0 Å². The summed E-state index contributed by atoms with van der Waals surface area (Å²) < 4.78 is 7.70. The molecule has 0 aliphatic carbocycles. The molecule has 138 valence electrons. The molecule has 1 aromatic heterocycles. The topological polar surface area (TPSA) is 68.2 Å². The summed E-state index contributed by atoms with van der Waals surface area (Å²) in [6.07, 6.45) is 5.95. The van der Waals surface area contributed by atoms with Gasteiger partial charge in [-0.05, 0) is 24.0 Å². The van der Waals surface area contributed by atoms with E-state index < -0.39 is 0 Å². The first-order valence-electron chi connectivity index (χ1n) is 9.38. The van der Waals surface area contributed by atoms with Crippen LogP contribution in [0.4, 0.5) is 0 Å². The molecule has 1 aromatic carbocycles. The average Bonchev–Trinajstić information content (AvgIpc) is 3.41. The summed E-state index contributed by atoms with van der Waals surface area (Å²) in [5, 5.41) is 10.9. The molecule has 3 heterocycles. The third-order valence-electron chi connectivity index (χ3n) is 5.50. The molecule has 0 bridgehead atoms. The number of ether oxygens (including phenoxy) is 1. The number of nitrogens with one attached hydrogen (secondary N) is 2. The maximum Gasteiger partial charge on any atom is 0.225 e. The van der Waals surface area contributed by atoms with E-state index in [4.69, 9.17) is 4.74 Å². The van der Waals surface area contributed by atoms with Gasteiger partial charge in [0.1, 0.15) is 0 Å². The van der Waals surface area contributed by atoms with Gasteiger partial charge in [0.15, 0.2) is 0 Å². The minimum absolute atomic E-state index is 0.0487. The fourth-order valence-corrected chi connectivity index (χ4v) is 4.11. The quantitative estimate of drug-likeness (QED) is 0.859. The zero-order chi connectivity index (χ0) is 17.9. The van der Waals surface area contributed by atoms with E-state index in [1.54, 1.807) is 4.68 Å². The van der Waals surface area contributed by atoms with Gasteiger partial charge in [-0.25, -0.2) is 0 Å². The number of carbonyl (C=O) groups excluding carboxylic acids is 1. The van der Waals surface area contributed by atoms with E-state index in [-0.39, 0.29) is 29.9 Å². The van der Waals surface area contributed by atoms with Crippen molar-refractivity contribution in [2.45, 2.75) is 30.9 Å². The molecule has 4 rings (SSSR count). The summed E-state index contributed by atoms with van der Waals surface area (Å²) >= 11 is 0. The van der Waals surface area contributed by atoms with E-state index in [2.05, 4.69) is 27.9 Å². The van der Waals surface area contributed by atoms with E-state index in [1.807, 2.05) is 37.6 Å². The van der Waals surface area contributed by atoms with Crippen molar-refractivity contribution in [3.05, 3.63) is 53.9 Å². The lowest BCUT2D eigenvalue weighted by molar-refractivity contribution is -0.126. The summed E-state index contributed by atoms with van der Waals surface area (Å²) in [5.41, 5.74) is 2.22. The van der Waals surface area contributed by atoms with Crippen LogP contribution < -0.4 is 10.6 Å². The zero-order valence-electron chi connectivity index (χ0n) is 15.1. The van der Waals surface area contributed by atoms with Gasteiger partial charge >= 0.3 is 0 Å². The molecule has 6 nitrogen and oxygen atoms in total. The Morgan fingerprint density at radius 2 is 2.19 bits per heavy atom. The second-order valence-corrected chi connectivity index (χ2v) is 7.27. The first-order chi connectivity index (χ1) is 12.7. The molecule has 2 N–H and O–H groups in total. The molecule has 1 amide bonds. The van der Waals surface area contributed by atoms with Crippen LogP contribution in [0.25, 0.3) is 0 Å². The van der Waals surface area contributed by atoms with Crippen molar-refractivity contribution in [1.82, 2.24) is 20.4 Å². The Morgan fingerprint density at radius 1 is 1.35 bits per heavy atom. The molecule has 0 spiro atoms. The molecular weight excluding hydrogens is 328 g/mol. The van der Waals surface area contributed by atoms with Crippen LogP contribution in [-0.2, 0) is 16.6 Å². The Bertz CT molecular complexity index is 739. The van der Waals surface area contributed by atoms with Gasteiger partial charge < -0.3 is 15.4 Å². The molecule has 2 unspecified atom stereocenters. The molecule has 2 fully saturated rings. The Kier molecular flexibility index (Phi) is 5.04. The molecule has 26 heavy (non-hydrogen) atoms. The van der Waals surface area contributed by atoms with Gasteiger partial charge in [0, 0.05) is 38.9 Å².